The van der Waals surface area contributed by atoms with E-state index in [2.05, 4.69) is 15.0 Å². The molecule has 110 valence electrons. The average Bonchev–Trinajstić information content (AvgIpc) is 2.62. The van der Waals surface area contributed by atoms with Gasteiger partial charge in [-0.2, -0.15) is 0 Å². The van der Waals surface area contributed by atoms with Gasteiger partial charge in [0.05, 0.1) is 11.2 Å². The van der Waals surface area contributed by atoms with Crippen molar-refractivity contribution in [2.75, 3.05) is 0 Å². The Labute approximate surface area is 132 Å². The van der Waals surface area contributed by atoms with E-state index < -0.39 is 0 Å². The predicted octanol–water partition coefficient (Wildman–Crippen LogP) is 4.50. The zero-order chi connectivity index (χ0) is 15.6. The number of benzene rings is 2. The SMILES string of the molecule is Fc1ccccc1-c1cccc(-c2ncc3ccccc3n2)n1. The van der Waals surface area contributed by atoms with Gasteiger partial charge in [0.15, 0.2) is 5.82 Å². The van der Waals surface area contributed by atoms with Gasteiger partial charge in [-0.25, -0.2) is 19.3 Å². The van der Waals surface area contributed by atoms with Crippen molar-refractivity contribution in [3.05, 3.63) is 78.7 Å². The summed E-state index contributed by atoms with van der Waals surface area (Å²) in [6.45, 7) is 0. The first kappa shape index (κ1) is 13.5. The van der Waals surface area contributed by atoms with E-state index in [9.17, 15) is 4.39 Å². The van der Waals surface area contributed by atoms with Crippen LogP contribution in [-0.2, 0) is 0 Å². The number of rotatable bonds is 2. The molecule has 0 bridgehead atoms. The normalized spacial score (nSPS) is 10.8. The molecule has 2 heterocycles. The molecule has 0 aliphatic heterocycles. The fourth-order valence-corrected chi connectivity index (χ4v) is 2.47. The molecular weight excluding hydrogens is 289 g/mol. The second kappa shape index (κ2) is 5.57. The number of halogens is 1. The molecule has 0 aliphatic carbocycles. The molecular formula is C19H12FN3. The van der Waals surface area contributed by atoms with Crippen molar-refractivity contribution in [3.8, 4) is 22.8 Å². The minimum absolute atomic E-state index is 0.295. The van der Waals surface area contributed by atoms with E-state index in [1.165, 1.54) is 6.07 Å². The highest BCUT2D eigenvalue weighted by Gasteiger charge is 2.09. The molecule has 2 aromatic heterocycles. The van der Waals surface area contributed by atoms with Crippen LogP contribution in [-0.4, -0.2) is 15.0 Å². The van der Waals surface area contributed by atoms with Gasteiger partial charge in [-0.15, -0.1) is 0 Å². The Hall–Kier alpha value is -3.14. The molecule has 4 aromatic rings. The second-order valence-corrected chi connectivity index (χ2v) is 5.14. The van der Waals surface area contributed by atoms with Crippen LogP contribution in [0.3, 0.4) is 0 Å². The fraction of sp³-hybridized carbons (Fsp3) is 0. The fourth-order valence-electron chi connectivity index (χ4n) is 2.47. The Kier molecular flexibility index (Phi) is 3.27. The zero-order valence-corrected chi connectivity index (χ0v) is 12.1. The number of para-hydroxylation sites is 1. The number of nitrogens with zero attached hydrogens (tertiary/aromatic N) is 3. The van der Waals surface area contributed by atoms with Crippen molar-refractivity contribution in [2.24, 2.45) is 0 Å². The molecule has 2 aromatic carbocycles. The van der Waals surface area contributed by atoms with Gasteiger partial charge in [-0.1, -0.05) is 36.4 Å². The summed E-state index contributed by atoms with van der Waals surface area (Å²) in [6, 6.07) is 19.8. The van der Waals surface area contributed by atoms with Crippen molar-refractivity contribution >= 4 is 10.9 Å². The van der Waals surface area contributed by atoms with Gasteiger partial charge in [-0.3, -0.25) is 0 Å². The highest BCUT2D eigenvalue weighted by molar-refractivity contribution is 5.79. The third-order valence-electron chi connectivity index (χ3n) is 3.62. The van der Waals surface area contributed by atoms with Gasteiger partial charge in [-0.05, 0) is 30.3 Å². The Balaban J connectivity index is 1.83. The first-order valence-electron chi connectivity index (χ1n) is 7.25. The van der Waals surface area contributed by atoms with Crippen molar-refractivity contribution in [1.29, 1.82) is 0 Å². The summed E-state index contributed by atoms with van der Waals surface area (Å²) >= 11 is 0. The van der Waals surface area contributed by atoms with E-state index >= 15 is 0 Å². The maximum Gasteiger partial charge on any atom is 0.178 e. The minimum atomic E-state index is -0.295. The molecule has 0 aliphatic rings. The number of aromatic nitrogens is 3. The van der Waals surface area contributed by atoms with Crippen molar-refractivity contribution < 1.29 is 4.39 Å². The van der Waals surface area contributed by atoms with Crippen LogP contribution in [0.2, 0.25) is 0 Å². The largest absolute Gasteiger partial charge is 0.244 e. The average molecular weight is 301 g/mol. The van der Waals surface area contributed by atoms with Crippen LogP contribution in [0.1, 0.15) is 0 Å². The molecule has 0 spiro atoms. The summed E-state index contributed by atoms with van der Waals surface area (Å²) in [6.07, 6.45) is 1.77. The van der Waals surface area contributed by atoms with Crippen LogP contribution in [0.25, 0.3) is 33.7 Å². The third-order valence-corrected chi connectivity index (χ3v) is 3.62. The number of pyridine rings is 1. The van der Waals surface area contributed by atoms with Crippen molar-refractivity contribution in [2.45, 2.75) is 0 Å². The Bertz CT molecular complexity index is 998. The van der Waals surface area contributed by atoms with Crippen LogP contribution in [0, 0.1) is 5.82 Å². The van der Waals surface area contributed by atoms with Gasteiger partial charge in [0.1, 0.15) is 11.5 Å². The molecule has 0 fully saturated rings. The smallest absolute Gasteiger partial charge is 0.178 e. The molecule has 3 nitrogen and oxygen atoms in total. The highest BCUT2D eigenvalue weighted by Crippen LogP contribution is 2.23. The molecule has 0 saturated heterocycles. The lowest BCUT2D eigenvalue weighted by atomic mass is 10.1. The van der Waals surface area contributed by atoms with Gasteiger partial charge in [0.25, 0.3) is 0 Å². The van der Waals surface area contributed by atoms with Crippen molar-refractivity contribution in [1.82, 2.24) is 15.0 Å². The lowest BCUT2D eigenvalue weighted by molar-refractivity contribution is 0.631. The highest BCUT2D eigenvalue weighted by atomic mass is 19.1. The van der Waals surface area contributed by atoms with Crippen LogP contribution < -0.4 is 0 Å². The van der Waals surface area contributed by atoms with E-state index in [0.717, 1.165) is 10.9 Å². The van der Waals surface area contributed by atoms with E-state index in [4.69, 9.17) is 0 Å². The number of hydrogen-bond acceptors (Lipinski definition) is 3. The summed E-state index contributed by atoms with van der Waals surface area (Å²) in [7, 11) is 0. The zero-order valence-electron chi connectivity index (χ0n) is 12.1. The standard InChI is InChI=1S/C19H12FN3/c20-15-8-3-2-7-14(15)17-10-5-11-18(22-17)19-21-12-13-6-1-4-9-16(13)23-19/h1-12H. The summed E-state index contributed by atoms with van der Waals surface area (Å²) in [5.74, 6) is 0.235. The van der Waals surface area contributed by atoms with Crippen molar-refractivity contribution in [3.63, 3.8) is 0 Å². The van der Waals surface area contributed by atoms with Crippen LogP contribution >= 0.6 is 0 Å². The first-order valence-corrected chi connectivity index (χ1v) is 7.25. The lowest BCUT2D eigenvalue weighted by Gasteiger charge is -2.05. The first-order chi connectivity index (χ1) is 11.3. The number of fused-ring (bicyclic) bond motifs is 1. The Morgan fingerprint density at radius 2 is 1.48 bits per heavy atom. The van der Waals surface area contributed by atoms with E-state index in [0.29, 0.717) is 22.8 Å². The summed E-state index contributed by atoms with van der Waals surface area (Å²) in [5, 5.41) is 0.974. The van der Waals surface area contributed by atoms with E-state index in [1.54, 1.807) is 30.5 Å². The van der Waals surface area contributed by atoms with Crippen LogP contribution in [0.5, 0.6) is 0 Å². The molecule has 0 unspecified atom stereocenters. The van der Waals surface area contributed by atoms with Gasteiger partial charge in [0, 0.05) is 17.1 Å². The monoisotopic (exact) mass is 301 g/mol. The van der Waals surface area contributed by atoms with Gasteiger partial charge in [0.2, 0.25) is 0 Å². The predicted molar refractivity (Wildman–Crippen MR) is 88.2 cm³/mol. The van der Waals surface area contributed by atoms with E-state index in [-0.39, 0.29) is 5.82 Å². The summed E-state index contributed by atoms with van der Waals surface area (Å²) in [4.78, 5) is 13.4. The van der Waals surface area contributed by atoms with E-state index in [1.807, 2.05) is 36.4 Å². The Morgan fingerprint density at radius 3 is 2.39 bits per heavy atom. The molecule has 0 radical (unpaired) electrons. The maximum absolute atomic E-state index is 13.9. The molecule has 0 atom stereocenters. The van der Waals surface area contributed by atoms with Gasteiger partial charge < -0.3 is 0 Å². The quantitative estimate of drug-likeness (QED) is 0.547. The molecule has 4 heteroatoms. The molecule has 0 amide bonds. The van der Waals surface area contributed by atoms with Gasteiger partial charge >= 0.3 is 0 Å². The van der Waals surface area contributed by atoms with Crippen LogP contribution in [0.4, 0.5) is 4.39 Å². The third kappa shape index (κ3) is 2.55. The number of hydrogen-bond donors (Lipinski definition) is 0. The lowest BCUT2D eigenvalue weighted by Crippen LogP contribution is -1.94. The molecule has 4 rings (SSSR count). The Morgan fingerprint density at radius 1 is 0.696 bits per heavy atom. The topological polar surface area (TPSA) is 38.7 Å². The minimum Gasteiger partial charge on any atom is -0.244 e. The summed E-state index contributed by atoms with van der Waals surface area (Å²) in [5.41, 5.74) is 2.51. The van der Waals surface area contributed by atoms with Crippen LogP contribution in [0.15, 0.2) is 72.9 Å². The molecule has 0 N–H and O–H groups in total. The summed E-state index contributed by atoms with van der Waals surface area (Å²) < 4.78 is 13.9. The second-order valence-electron chi connectivity index (χ2n) is 5.14. The molecule has 0 saturated carbocycles. The molecule has 23 heavy (non-hydrogen) atoms. The maximum atomic E-state index is 13.9.